The number of hydrogen-bond donors (Lipinski definition) is 1. The number of aromatic nitrogens is 2. The van der Waals surface area contributed by atoms with Gasteiger partial charge in [0.15, 0.2) is 5.82 Å². The number of rotatable bonds is 1. The minimum absolute atomic E-state index is 0.206. The van der Waals surface area contributed by atoms with Crippen LogP contribution in [-0.2, 0) is 14.3 Å². The number of cyclic esters (lactones) is 1. The molecule has 1 amide bonds. The van der Waals surface area contributed by atoms with Crippen LogP contribution in [0.5, 0.6) is 0 Å². The molecule has 0 fully saturated rings. The Hall–Kier alpha value is -2.87. The van der Waals surface area contributed by atoms with Gasteiger partial charge in [0.1, 0.15) is 12.0 Å². The SMILES string of the molecule is CC1=C2CC=CC=C2C(=O)OC=CC(=O)NC(c2nc(C)no2)=CS1. The molecule has 0 bridgehead atoms. The Kier molecular flexibility index (Phi) is 4.99. The number of esters is 1. The summed E-state index contributed by atoms with van der Waals surface area (Å²) in [6, 6.07) is 0. The number of thioether (sulfide) groups is 1. The van der Waals surface area contributed by atoms with E-state index in [1.54, 1.807) is 18.4 Å². The Morgan fingerprint density at radius 2 is 2.12 bits per heavy atom. The van der Waals surface area contributed by atoms with Crippen molar-refractivity contribution in [2.45, 2.75) is 20.3 Å². The first kappa shape index (κ1) is 17.0. The van der Waals surface area contributed by atoms with Crippen LogP contribution >= 0.6 is 11.8 Å². The van der Waals surface area contributed by atoms with Crippen molar-refractivity contribution in [2.75, 3.05) is 0 Å². The van der Waals surface area contributed by atoms with Gasteiger partial charge in [-0.25, -0.2) is 4.79 Å². The molecule has 3 rings (SSSR count). The minimum Gasteiger partial charge on any atom is -0.431 e. The van der Waals surface area contributed by atoms with E-state index in [0.717, 1.165) is 22.8 Å². The van der Waals surface area contributed by atoms with Gasteiger partial charge in [0.05, 0.1) is 5.57 Å². The molecule has 0 unspecified atom stereocenters. The highest BCUT2D eigenvalue weighted by Crippen LogP contribution is 2.32. The second kappa shape index (κ2) is 7.35. The van der Waals surface area contributed by atoms with Gasteiger partial charge in [0.2, 0.25) is 0 Å². The largest absolute Gasteiger partial charge is 0.431 e. The van der Waals surface area contributed by atoms with Gasteiger partial charge in [-0.15, -0.1) is 11.8 Å². The summed E-state index contributed by atoms with van der Waals surface area (Å²) in [6.45, 7) is 3.59. The molecule has 7 nitrogen and oxygen atoms in total. The van der Waals surface area contributed by atoms with Crippen LogP contribution in [0.25, 0.3) is 5.70 Å². The van der Waals surface area contributed by atoms with Crippen LogP contribution in [0.3, 0.4) is 0 Å². The van der Waals surface area contributed by atoms with Crippen molar-refractivity contribution in [3.8, 4) is 0 Å². The third kappa shape index (κ3) is 3.97. The first-order chi connectivity index (χ1) is 12.0. The number of nitrogens with zero attached hydrogens (tertiary/aromatic N) is 2. The first-order valence-corrected chi connectivity index (χ1v) is 8.35. The summed E-state index contributed by atoms with van der Waals surface area (Å²) in [7, 11) is 0. The van der Waals surface area contributed by atoms with Gasteiger partial charge in [-0.1, -0.05) is 17.3 Å². The number of fused-ring (bicyclic) bond motifs is 1. The monoisotopic (exact) mass is 357 g/mol. The van der Waals surface area contributed by atoms with Crippen LogP contribution in [0.15, 0.2) is 56.5 Å². The van der Waals surface area contributed by atoms with Crippen LogP contribution in [0.1, 0.15) is 25.1 Å². The van der Waals surface area contributed by atoms with E-state index in [4.69, 9.17) is 9.26 Å². The number of ether oxygens (including phenoxy) is 1. The zero-order chi connectivity index (χ0) is 17.8. The molecule has 0 spiro atoms. The van der Waals surface area contributed by atoms with Gasteiger partial charge in [-0.05, 0) is 36.8 Å². The zero-order valence-electron chi connectivity index (χ0n) is 13.6. The number of aryl methyl sites for hydroxylation is 1. The van der Waals surface area contributed by atoms with E-state index in [9.17, 15) is 9.59 Å². The predicted octanol–water partition coefficient (Wildman–Crippen LogP) is 2.76. The molecular formula is C17H15N3O4S. The molecule has 1 aliphatic heterocycles. The topological polar surface area (TPSA) is 94.3 Å². The molecule has 0 atom stereocenters. The maximum Gasteiger partial charge on any atom is 0.343 e. The molecule has 0 saturated heterocycles. The molecule has 128 valence electrons. The highest BCUT2D eigenvalue weighted by Gasteiger charge is 2.20. The number of hydrogen-bond acceptors (Lipinski definition) is 7. The number of carbonyl (C=O) groups is 2. The van der Waals surface area contributed by atoms with E-state index in [1.807, 2.05) is 19.1 Å². The van der Waals surface area contributed by atoms with Gasteiger partial charge in [-0.3, -0.25) is 4.79 Å². The van der Waals surface area contributed by atoms with Crippen LogP contribution in [-0.4, -0.2) is 22.0 Å². The summed E-state index contributed by atoms with van der Waals surface area (Å²) in [5.74, 6) is -0.308. The maximum atomic E-state index is 12.2. The van der Waals surface area contributed by atoms with Crippen molar-refractivity contribution in [1.29, 1.82) is 0 Å². The number of allylic oxidation sites excluding steroid dienone is 4. The standard InChI is InChI=1S/C17H15N3O4S/c1-10-12-5-3-4-6-13(12)17(22)23-8-7-15(21)19-14(9-25-10)16-18-11(2)20-24-16/h3-4,6-9H,5H2,1-2H3,(H,19,21). The summed E-state index contributed by atoms with van der Waals surface area (Å²) in [5.41, 5.74) is 1.72. The quantitative estimate of drug-likeness (QED) is 0.772. The Labute approximate surface area is 148 Å². The van der Waals surface area contributed by atoms with Gasteiger partial charge < -0.3 is 14.6 Å². The smallest absolute Gasteiger partial charge is 0.343 e. The lowest BCUT2D eigenvalue weighted by atomic mass is 9.98. The van der Waals surface area contributed by atoms with Crippen molar-refractivity contribution in [3.63, 3.8) is 0 Å². The Morgan fingerprint density at radius 1 is 1.28 bits per heavy atom. The number of nitrogens with one attached hydrogen (secondary N) is 1. The van der Waals surface area contributed by atoms with E-state index in [-0.39, 0.29) is 5.89 Å². The van der Waals surface area contributed by atoms with Crippen LogP contribution in [0.4, 0.5) is 0 Å². The lowest BCUT2D eigenvalue weighted by Crippen LogP contribution is -2.20. The first-order valence-electron chi connectivity index (χ1n) is 7.47. The minimum atomic E-state index is -0.499. The highest BCUT2D eigenvalue weighted by molar-refractivity contribution is 8.06. The lowest BCUT2D eigenvalue weighted by Gasteiger charge is -2.15. The van der Waals surface area contributed by atoms with Gasteiger partial charge in [0.25, 0.3) is 11.8 Å². The molecule has 1 N–H and O–H groups in total. The molecular weight excluding hydrogens is 342 g/mol. The van der Waals surface area contributed by atoms with Gasteiger partial charge in [0, 0.05) is 11.5 Å². The third-order valence-corrected chi connectivity index (χ3v) is 4.41. The fourth-order valence-corrected chi connectivity index (χ4v) is 3.03. The highest BCUT2D eigenvalue weighted by atomic mass is 32.2. The zero-order valence-corrected chi connectivity index (χ0v) is 14.4. The molecule has 0 saturated carbocycles. The van der Waals surface area contributed by atoms with E-state index in [1.165, 1.54) is 11.8 Å². The molecule has 1 aromatic rings. The van der Waals surface area contributed by atoms with Crippen molar-refractivity contribution in [2.24, 2.45) is 0 Å². The average molecular weight is 357 g/mol. The molecule has 25 heavy (non-hydrogen) atoms. The van der Waals surface area contributed by atoms with Crippen molar-refractivity contribution in [1.82, 2.24) is 15.5 Å². The van der Waals surface area contributed by atoms with Gasteiger partial charge >= 0.3 is 5.97 Å². The summed E-state index contributed by atoms with van der Waals surface area (Å²) in [5, 5.41) is 8.10. The molecule has 0 radical (unpaired) electrons. The third-order valence-electron chi connectivity index (χ3n) is 3.45. The maximum absolute atomic E-state index is 12.2. The van der Waals surface area contributed by atoms with E-state index >= 15 is 0 Å². The average Bonchev–Trinajstić information content (AvgIpc) is 3.03. The Morgan fingerprint density at radius 3 is 2.88 bits per heavy atom. The summed E-state index contributed by atoms with van der Waals surface area (Å²) < 4.78 is 10.2. The summed E-state index contributed by atoms with van der Waals surface area (Å²) >= 11 is 1.36. The van der Waals surface area contributed by atoms with E-state index in [2.05, 4.69) is 15.5 Å². The molecule has 8 heteroatoms. The summed E-state index contributed by atoms with van der Waals surface area (Å²) in [4.78, 5) is 29.2. The van der Waals surface area contributed by atoms with Crippen molar-refractivity contribution >= 4 is 29.3 Å². The number of carbonyl (C=O) groups excluding carboxylic acids is 2. The second-order valence-corrected chi connectivity index (χ2v) is 6.32. The molecule has 2 heterocycles. The Bertz CT molecular complexity index is 874. The second-order valence-electron chi connectivity index (χ2n) is 5.24. The van der Waals surface area contributed by atoms with Crippen LogP contribution in [0.2, 0.25) is 0 Å². The predicted molar refractivity (Wildman–Crippen MR) is 92.5 cm³/mol. The van der Waals surface area contributed by atoms with Gasteiger partial charge in [-0.2, -0.15) is 4.98 Å². The van der Waals surface area contributed by atoms with Crippen LogP contribution in [0, 0.1) is 6.92 Å². The molecule has 1 aromatic heterocycles. The fraction of sp³-hybridized carbons (Fsp3) is 0.176. The van der Waals surface area contributed by atoms with Crippen molar-refractivity contribution in [3.05, 3.63) is 63.7 Å². The molecule has 0 aromatic carbocycles. The summed E-state index contributed by atoms with van der Waals surface area (Å²) in [6.07, 6.45) is 8.29. The lowest BCUT2D eigenvalue weighted by molar-refractivity contribution is -0.133. The molecule has 2 aliphatic rings. The fourth-order valence-electron chi connectivity index (χ4n) is 2.24. The van der Waals surface area contributed by atoms with E-state index in [0.29, 0.717) is 23.5 Å². The van der Waals surface area contributed by atoms with Crippen molar-refractivity contribution < 1.29 is 18.8 Å². The van der Waals surface area contributed by atoms with Crippen LogP contribution < -0.4 is 5.32 Å². The normalized spacial score (nSPS) is 18.5. The Balaban J connectivity index is 2.02. The molecule has 1 aliphatic carbocycles. The van der Waals surface area contributed by atoms with E-state index < -0.39 is 11.9 Å². The number of amides is 1.